The van der Waals surface area contributed by atoms with Crippen molar-refractivity contribution in [2.24, 2.45) is 0 Å². The van der Waals surface area contributed by atoms with Gasteiger partial charge in [-0.1, -0.05) is 0 Å². The van der Waals surface area contributed by atoms with Crippen LogP contribution in [-0.4, -0.2) is 9.97 Å². The molecule has 0 spiro atoms. The van der Waals surface area contributed by atoms with E-state index in [1.54, 1.807) is 6.92 Å². The second-order valence-corrected chi connectivity index (χ2v) is 2.47. The highest BCUT2D eigenvalue weighted by atomic mass is 127. The molecule has 0 fully saturated rings. The SMILES string of the molecule is Cc1[nH]c(F)nc1I. The highest BCUT2D eigenvalue weighted by Gasteiger charge is 1.99. The van der Waals surface area contributed by atoms with E-state index in [9.17, 15) is 4.39 Å². The number of aromatic amines is 1. The van der Waals surface area contributed by atoms with Gasteiger partial charge in [-0.2, -0.15) is 9.37 Å². The third kappa shape index (κ3) is 0.988. The van der Waals surface area contributed by atoms with Crippen LogP contribution in [0.15, 0.2) is 0 Å². The fourth-order valence-electron chi connectivity index (χ4n) is 0.404. The number of imidazole rings is 1. The lowest BCUT2D eigenvalue weighted by molar-refractivity contribution is 0.550. The first-order valence-electron chi connectivity index (χ1n) is 2.08. The summed E-state index contributed by atoms with van der Waals surface area (Å²) in [5.74, 6) is 0. The monoisotopic (exact) mass is 226 g/mol. The molecule has 1 rings (SSSR count). The Labute approximate surface area is 59.7 Å². The van der Waals surface area contributed by atoms with Crippen LogP contribution in [0.4, 0.5) is 4.39 Å². The van der Waals surface area contributed by atoms with Crippen LogP contribution in [0.1, 0.15) is 5.69 Å². The van der Waals surface area contributed by atoms with Crippen LogP contribution >= 0.6 is 22.6 Å². The Morgan fingerprint density at radius 2 is 2.38 bits per heavy atom. The lowest BCUT2D eigenvalue weighted by atomic mass is 10.6. The Hall–Kier alpha value is -0.130. The first-order chi connectivity index (χ1) is 3.70. The predicted molar refractivity (Wildman–Crippen MR) is 36.0 cm³/mol. The number of nitrogens with one attached hydrogen (secondary N) is 1. The lowest BCUT2D eigenvalue weighted by Gasteiger charge is -1.76. The van der Waals surface area contributed by atoms with Gasteiger partial charge in [0.2, 0.25) is 0 Å². The van der Waals surface area contributed by atoms with E-state index < -0.39 is 6.08 Å². The van der Waals surface area contributed by atoms with Crippen LogP contribution < -0.4 is 0 Å². The normalized spacial score (nSPS) is 9.88. The topological polar surface area (TPSA) is 28.7 Å². The number of aromatic nitrogens is 2. The molecule has 1 aromatic heterocycles. The zero-order chi connectivity index (χ0) is 6.15. The standard InChI is InChI=1S/C4H4FIN2/c1-2-3(6)8-4(5)7-2/h1H3,(H,7,8). The summed E-state index contributed by atoms with van der Waals surface area (Å²) in [7, 11) is 0. The summed E-state index contributed by atoms with van der Waals surface area (Å²) in [6.07, 6.45) is -0.508. The summed E-state index contributed by atoms with van der Waals surface area (Å²) in [4.78, 5) is 5.90. The number of H-pyrrole nitrogens is 1. The highest BCUT2D eigenvalue weighted by molar-refractivity contribution is 14.1. The first-order valence-corrected chi connectivity index (χ1v) is 3.15. The minimum absolute atomic E-state index is 0.508. The summed E-state index contributed by atoms with van der Waals surface area (Å²) in [5.41, 5.74) is 0.781. The molecule has 0 aliphatic rings. The van der Waals surface area contributed by atoms with Gasteiger partial charge in [0.25, 0.3) is 6.08 Å². The van der Waals surface area contributed by atoms with Crippen LogP contribution in [0.2, 0.25) is 0 Å². The van der Waals surface area contributed by atoms with Gasteiger partial charge in [-0.25, -0.2) is 0 Å². The van der Waals surface area contributed by atoms with Gasteiger partial charge in [-0.05, 0) is 29.5 Å². The number of halogens is 2. The molecule has 1 heterocycles. The van der Waals surface area contributed by atoms with E-state index in [4.69, 9.17) is 0 Å². The van der Waals surface area contributed by atoms with Gasteiger partial charge in [0, 0.05) is 5.69 Å². The molecule has 2 nitrogen and oxygen atoms in total. The molecular weight excluding hydrogens is 222 g/mol. The molecule has 1 aromatic rings. The molecule has 44 valence electrons. The molecule has 0 saturated carbocycles. The van der Waals surface area contributed by atoms with E-state index in [2.05, 4.69) is 9.97 Å². The molecule has 0 atom stereocenters. The number of hydrogen-bond acceptors (Lipinski definition) is 1. The van der Waals surface area contributed by atoms with Crippen molar-refractivity contribution in [2.45, 2.75) is 6.92 Å². The third-order valence-electron chi connectivity index (χ3n) is 0.796. The molecule has 0 amide bonds. The molecule has 0 aromatic carbocycles. The minimum atomic E-state index is -0.508. The number of hydrogen-bond donors (Lipinski definition) is 1. The van der Waals surface area contributed by atoms with Crippen molar-refractivity contribution in [3.63, 3.8) is 0 Å². The largest absolute Gasteiger partial charge is 0.317 e. The van der Waals surface area contributed by atoms with Crippen LogP contribution in [0.25, 0.3) is 0 Å². The summed E-state index contributed by atoms with van der Waals surface area (Å²) < 4.78 is 12.7. The molecule has 0 radical (unpaired) electrons. The third-order valence-corrected chi connectivity index (χ3v) is 1.85. The quantitative estimate of drug-likeness (QED) is 0.666. The van der Waals surface area contributed by atoms with Gasteiger partial charge in [0.15, 0.2) is 0 Å². The van der Waals surface area contributed by atoms with Gasteiger partial charge < -0.3 is 4.98 Å². The van der Waals surface area contributed by atoms with Gasteiger partial charge in [-0.3, -0.25) is 0 Å². The van der Waals surface area contributed by atoms with E-state index in [0.29, 0.717) is 3.70 Å². The van der Waals surface area contributed by atoms with Gasteiger partial charge in [0.1, 0.15) is 3.70 Å². The molecule has 0 aliphatic heterocycles. The van der Waals surface area contributed by atoms with Gasteiger partial charge >= 0.3 is 0 Å². The summed E-state index contributed by atoms with van der Waals surface area (Å²) >= 11 is 1.96. The van der Waals surface area contributed by atoms with Crippen molar-refractivity contribution < 1.29 is 4.39 Å². The molecule has 8 heavy (non-hydrogen) atoms. The smallest absolute Gasteiger partial charge is 0.287 e. The Bertz CT molecular complexity index is 176. The van der Waals surface area contributed by atoms with Gasteiger partial charge in [0.05, 0.1) is 0 Å². The Morgan fingerprint density at radius 1 is 1.75 bits per heavy atom. The van der Waals surface area contributed by atoms with E-state index in [0.717, 1.165) is 5.69 Å². The summed E-state index contributed by atoms with van der Waals surface area (Å²) in [5, 5.41) is 0. The fraction of sp³-hybridized carbons (Fsp3) is 0.250. The Balaban J connectivity index is 3.14. The van der Waals surface area contributed by atoms with E-state index in [-0.39, 0.29) is 0 Å². The summed E-state index contributed by atoms with van der Waals surface area (Å²) in [6, 6.07) is 0. The molecule has 0 unspecified atom stereocenters. The Morgan fingerprint density at radius 3 is 2.50 bits per heavy atom. The lowest BCUT2D eigenvalue weighted by Crippen LogP contribution is -1.71. The summed E-state index contributed by atoms with van der Waals surface area (Å²) in [6.45, 7) is 1.78. The zero-order valence-corrected chi connectivity index (χ0v) is 6.36. The molecule has 0 aliphatic carbocycles. The average Bonchev–Trinajstić information content (AvgIpc) is 1.85. The van der Waals surface area contributed by atoms with Crippen LogP contribution in [0.3, 0.4) is 0 Å². The number of nitrogens with zero attached hydrogens (tertiary/aromatic N) is 1. The van der Waals surface area contributed by atoms with Crippen LogP contribution in [-0.2, 0) is 0 Å². The molecule has 0 saturated heterocycles. The van der Waals surface area contributed by atoms with E-state index in [1.807, 2.05) is 22.6 Å². The second-order valence-electron chi connectivity index (χ2n) is 1.44. The molecule has 1 N–H and O–H groups in total. The van der Waals surface area contributed by atoms with Crippen molar-refractivity contribution in [2.75, 3.05) is 0 Å². The maximum atomic E-state index is 12.0. The van der Waals surface area contributed by atoms with E-state index in [1.165, 1.54) is 0 Å². The fourth-order valence-corrected chi connectivity index (χ4v) is 0.751. The maximum Gasteiger partial charge on any atom is 0.287 e. The first kappa shape index (κ1) is 6.00. The van der Waals surface area contributed by atoms with Crippen molar-refractivity contribution in [3.05, 3.63) is 15.5 Å². The number of rotatable bonds is 0. The highest BCUT2D eigenvalue weighted by Crippen LogP contribution is 2.05. The minimum Gasteiger partial charge on any atom is -0.317 e. The van der Waals surface area contributed by atoms with Crippen molar-refractivity contribution in [1.29, 1.82) is 0 Å². The van der Waals surface area contributed by atoms with Crippen molar-refractivity contribution >= 4 is 22.6 Å². The van der Waals surface area contributed by atoms with Crippen LogP contribution in [0.5, 0.6) is 0 Å². The zero-order valence-electron chi connectivity index (χ0n) is 4.20. The maximum absolute atomic E-state index is 12.0. The van der Waals surface area contributed by atoms with Crippen LogP contribution in [0, 0.1) is 16.7 Å². The predicted octanol–water partition coefficient (Wildman–Crippen LogP) is 1.46. The van der Waals surface area contributed by atoms with Crippen molar-refractivity contribution in [1.82, 2.24) is 9.97 Å². The number of aryl methyl sites for hydroxylation is 1. The van der Waals surface area contributed by atoms with Crippen molar-refractivity contribution in [3.8, 4) is 0 Å². The molecule has 4 heteroatoms. The Kier molecular flexibility index (Phi) is 1.50. The molecule has 0 bridgehead atoms. The van der Waals surface area contributed by atoms with Gasteiger partial charge in [-0.15, -0.1) is 0 Å². The average molecular weight is 226 g/mol. The van der Waals surface area contributed by atoms with E-state index >= 15 is 0 Å². The molecular formula is C4H4FIN2. The second kappa shape index (κ2) is 2.00.